The van der Waals surface area contributed by atoms with Gasteiger partial charge in [-0.15, -0.1) is 0 Å². The van der Waals surface area contributed by atoms with Crippen molar-refractivity contribution in [3.63, 3.8) is 0 Å². The summed E-state index contributed by atoms with van der Waals surface area (Å²) in [5.74, 6) is 0.150. The highest BCUT2D eigenvalue weighted by Gasteiger charge is 2.17. The molecule has 3 aromatic rings. The second kappa shape index (κ2) is 6.71. The number of anilines is 1. The standard InChI is InChI=1S/C21H23N3O/c22-21-16-7-3-4-8-18(16)24-19-11-9-14(13-17(19)21)10-12-20(25)23-15-5-1-2-6-15/h3-4,7-9,11,13,15H,1-2,5-6,10,12H2,(H2,22,24)(H,23,25). The van der Waals surface area contributed by atoms with Gasteiger partial charge >= 0.3 is 0 Å². The summed E-state index contributed by atoms with van der Waals surface area (Å²) in [6.45, 7) is 0. The Balaban J connectivity index is 1.53. The second-order valence-corrected chi connectivity index (χ2v) is 6.94. The Morgan fingerprint density at radius 2 is 1.84 bits per heavy atom. The monoisotopic (exact) mass is 333 g/mol. The molecule has 1 aromatic heterocycles. The lowest BCUT2D eigenvalue weighted by atomic mass is 10.0. The van der Waals surface area contributed by atoms with E-state index >= 15 is 0 Å². The normalized spacial score (nSPS) is 15.0. The largest absolute Gasteiger partial charge is 0.398 e. The number of nitrogens with two attached hydrogens (primary N) is 1. The van der Waals surface area contributed by atoms with Crippen LogP contribution in [0.2, 0.25) is 0 Å². The molecule has 0 saturated heterocycles. The van der Waals surface area contributed by atoms with E-state index in [2.05, 4.69) is 16.4 Å². The maximum Gasteiger partial charge on any atom is 0.220 e. The lowest BCUT2D eigenvalue weighted by Crippen LogP contribution is -2.32. The van der Waals surface area contributed by atoms with Crippen molar-refractivity contribution >= 4 is 33.4 Å². The van der Waals surface area contributed by atoms with Gasteiger partial charge in [-0.3, -0.25) is 4.79 Å². The smallest absolute Gasteiger partial charge is 0.220 e. The number of nitrogen functional groups attached to an aromatic ring is 1. The van der Waals surface area contributed by atoms with E-state index in [4.69, 9.17) is 5.73 Å². The van der Waals surface area contributed by atoms with Gasteiger partial charge < -0.3 is 11.1 Å². The van der Waals surface area contributed by atoms with E-state index in [1.165, 1.54) is 12.8 Å². The Labute approximate surface area is 147 Å². The summed E-state index contributed by atoms with van der Waals surface area (Å²) < 4.78 is 0. The van der Waals surface area contributed by atoms with Gasteiger partial charge in [0.05, 0.1) is 16.7 Å². The third-order valence-electron chi connectivity index (χ3n) is 5.15. The van der Waals surface area contributed by atoms with E-state index in [9.17, 15) is 4.79 Å². The maximum atomic E-state index is 12.1. The molecule has 4 heteroatoms. The molecule has 0 spiro atoms. The number of nitrogens with zero attached hydrogens (tertiary/aromatic N) is 1. The van der Waals surface area contributed by atoms with Crippen molar-refractivity contribution in [2.45, 2.75) is 44.6 Å². The van der Waals surface area contributed by atoms with Gasteiger partial charge in [0.1, 0.15) is 0 Å². The fourth-order valence-electron chi connectivity index (χ4n) is 3.75. The summed E-state index contributed by atoms with van der Waals surface area (Å²) in [7, 11) is 0. The van der Waals surface area contributed by atoms with Crippen LogP contribution in [0.5, 0.6) is 0 Å². The SMILES string of the molecule is Nc1c2ccccc2nc2ccc(CCC(=O)NC3CCCC3)cc12. The van der Waals surface area contributed by atoms with E-state index in [1.54, 1.807) is 0 Å². The highest BCUT2D eigenvalue weighted by Crippen LogP contribution is 2.29. The number of carbonyl (C=O) groups is 1. The minimum absolute atomic E-state index is 0.150. The van der Waals surface area contributed by atoms with Gasteiger partial charge in [-0.1, -0.05) is 37.1 Å². The Hall–Kier alpha value is -2.62. The van der Waals surface area contributed by atoms with Gasteiger partial charge in [0.2, 0.25) is 5.91 Å². The van der Waals surface area contributed by atoms with Crippen molar-refractivity contribution in [3.05, 3.63) is 48.0 Å². The van der Waals surface area contributed by atoms with Crippen LogP contribution in [0.15, 0.2) is 42.5 Å². The molecule has 0 atom stereocenters. The van der Waals surface area contributed by atoms with Crippen LogP contribution in [-0.2, 0) is 11.2 Å². The number of rotatable bonds is 4. The molecule has 1 heterocycles. The highest BCUT2D eigenvalue weighted by atomic mass is 16.1. The molecule has 1 aliphatic carbocycles. The fourth-order valence-corrected chi connectivity index (χ4v) is 3.75. The molecule has 4 rings (SSSR count). The summed E-state index contributed by atoms with van der Waals surface area (Å²) in [6.07, 6.45) is 5.95. The quantitative estimate of drug-likeness (QED) is 0.710. The Morgan fingerprint density at radius 1 is 1.08 bits per heavy atom. The van der Waals surface area contributed by atoms with Gasteiger partial charge in [-0.25, -0.2) is 4.98 Å². The number of para-hydroxylation sites is 1. The van der Waals surface area contributed by atoms with Crippen molar-refractivity contribution in [1.29, 1.82) is 0 Å². The van der Waals surface area contributed by atoms with Gasteiger partial charge in [-0.05, 0) is 43.0 Å². The van der Waals surface area contributed by atoms with Crippen LogP contribution in [0.4, 0.5) is 5.69 Å². The molecule has 0 aliphatic heterocycles. The number of amides is 1. The number of fused-ring (bicyclic) bond motifs is 2. The minimum atomic E-state index is 0.150. The maximum absolute atomic E-state index is 12.1. The number of benzene rings is 2. The molecule has 0 bridgehead atoms. The predicted octanol–water partition coefficient (Wildman–Crippen LogP) is 3.96. The fraction of sp³-hybridized carbons (Fsp3) is 0.333. The summed E-state index contributed by atoms with van der Waals surface area (Å²) in [6, 6.07) is 14.4. The summed E-state index contributed by atoms with van der Waals surface area (Å²) >= 11 is 0. The molecule has 4 nitrogen and oxygen atoms in total. The molecule has 25 heavy (non-hydrogen) atoms. The van der Waals surface area contributed by atoms with E-state index in [-0.39, 0.29) is 5.91 Å². The molecule has 0 radical (unpaired) electrons. The van der Waals surface area contributed by atoms with Crippen molar-refractivity contribution in [2.75, 3.05) is 5.73 Å². The van der Waals surface area contributed by atoms with Crippen LogP contribution in [-0.4, -0.2) is 16.9 Å². The molecule has 128 valence electrons. The Kier molecular flexibility index (Phi) is 4.26. The summed E-state index contributed by atoms with van der Waals surface area (Å²) in [5, 5.41) is 5.09. The van der Waals surface area contributed by atoms with Gasteiger partial charge in [0.25, 0.3) is 0 Å². The number of aryl methyl sites for hydroxylation is 1. The van der Waals surface area contributed by atoms with Crippen molar-refractivity contribution in [1.82, 2.24) is 10.3 Å². The first-order chi connectivity index (χ1) is 12.2. The molecule has 2 aromatic carbocycles. The average molecular weight is 333 g/mol. The third kappa shape index (κ3) is 3.29. The first-order valence-corrected chi connectivity index (χ1v) is 9.07. The lowest BCUT2D eigenvalue weighted by Gasteiger charge is -2.12. The van der Waals surface area contributed by atoms with Crippen LogP contribution in [0.1, 0.15) is 37.7 Å². The zero-order valence-electron chi connectivity index (χ0n) is 14.3. The van der Waals surface area contributed by atoms with Crippen LogP contribution in [0, 0.1) is 0 Å². The number of pyridine rings is 1. The van der Waals surface area contributed by atoms with Crippen molar-refractivity contribution < 1.29 is 4.79 Å². The van der Waals surface area contributed by atoms with Crippen LogP contribution >= 0.6 is 0 Å². The van der Waals surface area contributed by atoms with Crippen molar-refractivity contribution in [3.8, 4) is 0 Å². The molecular formula is C21H23N3O. The Morgan fingerprint density at radius 3 is 2.68 bits per heavy atom. The van der Waals surface area contributed by atoms with Crippen molar-refractivity contribution in [2.24, 2.45) is 0 Å². The summed E-state index contributed by atoms with van der Waals surface area (Å²) in [4.78, 5) is 16.8. The molecule has 1 saturated carbocycles. The number of hydrogen-bond donors (Lipinski definition) is 2. The summed E-state index contributed by atoms with van der Waals surface area (Å²) in [5.41, 5.74) is 10.1. The molecule has 3 N–H and O–H groups in total. The zero-order valence-corrected chi connectivity index (χ0v) is 14.3. The number of nitrogens with one attached hydrogen (secondary N) is 1. The van der Waals surface area contributed by atoms with E-state index in [1.807, 2.05) is 36.4 Å². The molecule has 1 aliphatic rings. The minimum Gasteiger partial charge on any atom is -0.398 e. The Bertz CT molecular complexity index is 929. The third-order valence-corrected chi connectivity index (χ3v) is 5.15. The van der Waals surface area contributed by atoms with Gasteiger partial charge in [0.15, 0.2) is 0 Å². The topological polar surface area (TPSA) is 68.0 Å². The van der Waals surface area contributed by atoms with E-state index < -0.39 is 0 Å². The van der Waals surface area contributed by atoms with Gasteiger partial charge in [0, 0.05) is 23.2 Å². The van der Waals surface area contributed by atoms with Crippen LogP contribution in [0.25, 0.3) is 21.8 Å². The average Bonchev–Trinajstić information content (AvgIpc) is 3.13. The number of aromatic nitrogens is 1. The second-order valence-electron chi connectivity index (χ2n) is 6.94. The van der Waals surface area contributed by atoms with Gasteiger partial charge in [-0.2, -0.15) is 0 Å². The molecule has 0 unspecified atom stereocenters. The predicted molar refractivity (Wildman–Crippen MR) is 102 cm³/mol. The number of hydrogen-bond acceptors (Lipinski definition) is 3. The first-order valence-electron chi connectivity index (χ1n) is 9.07. The first kappa shape index (κ1) is 15.9. The number of carbonyl (C=O) groups excluding carboxylic acids is 1. The highest BCUT2D eigenvalue weighted by molar-refractivity contribution is 6.06. The zero-order chi connectivity index (χ0) is 17.2. The van der Waals surface area contributed by atoms with Crippen LogP contribution in [0.3, 0.4) is 0 Å². The molecular weight excluding hydrogens is 310 g/mol. The lowest BCUT2D eigenvalue weighted by molar-refractivity contribution is -0.121. The van der Waals surface area contributed by atoms with E-state index in [0.717, 1.165) is 52.3 Å². The molecule has 1 amide bonds. The van der Waals surface area contributed by atoms with Crippen LogP contribution < -0.4 is 11.1 Å². The molecule has 1 fully saturated rings. The van der Waals surface area contributed by atoms with E-state index in [0.29, 0.717) is 12.5 Å².